The molecule has 2 heterocycles. The van der Waals surface area contributed by atoms with Crippen LogP contribution in [0.15, 0.2) is 30.3 Å². The van der Waals surface area contributed by atoms with E-state index in [-0.39, 0.29) is 18.3 Å². The summed E-state index contributed by atoms with van der Waals surface area (Å²) < 4.78 is 12.5. The van der Waals surface area contributed by atoms with Crippen molar-refractivity contribution in [1.82, 2.24) is 0 Å². The second-order valence-corrected chi connectivity index (χ2v) is 9.54. The molecular formula is C23H29BO2S. The first kappa shape index (κ1) is 20.2. The minimum absolute atomic E-state index is 0.341. The fourth-order valence-corrected chi connectivity index (χ4v) is 3.92. The molecule has 1 fully saturated rings. The van der Waals surface area contributed by atoms with E-state index in [1.54, 1.807) is 11.3 Å². The van der Waals surface area contributed by atoms with Crippen LogP contribution < -0.4 is 5.46 Å². The van der Waals surface area contributed by atoms with Gasteiger partial charge in [0.25, 0.3) is 0 Å². The third-order valence-electron chi connectivity index (χ3n) is 5.48. The zero-order valence-electron chi connectivity index (χ0n) is 17.3. The Morgan fingerprint density at radius 1 is 1.00 bits per heavy atom. The molecule has 0 N–H and O–H groups in total. The van der Waals surface area contributed by atoms with Crippen molar-refractivity contribution in [1.29, 1.82) is 0 Å². The zero-order chi connectivity index (χ0) is 19.7. The van der Waals surface area contributed by atoms with Crippen LogP contribution in [-0.2, 0) is 15.7 Å². The molecule has 4 heteroatoms. The van der Waals surface area contributed by atoms with E-state index in [1.165, 1.54) is 23.3 Å². The van der Waals surface area contributed by atoms with Crippen LogP contribution in [-0.4, -0.2) is 18.3 Å². The first-order chi connectivity index (χ1) is 12.7. The van der Waals surface area contributed by atoms with E-state index in [2.05, 4.69) is 83.7 Å². The highest BCUT2D eigenvalue weighted by atomic mass is 32.1. The molecule has 0 saturated carbocycles. The van der Waals surface area contributed by atoms with Gasteiger partial charge in [0.2, 0.25) is 0 Å². The van der Waals surface area contributed by atoms with Gasteiger partial charge in [-0.15, -0.1) is 11.3 Å². The average Bonchev–Trinajstić information content (AvgIpc) is 3.08. The van der Waals surface area contributed by atoms with Gasteiger partial charge in [-0.05, 0) is 71.2 Å². The molecular weight excluding hydrogens is 351 g/mol. The lowest BCUT2D eigenvalue weighted by atomic mass is 9.79. The summed E-state index contributed by atoms with van der Waals surface area (Å²) in [5.74, 6) is 6.67. The Labute approximate surface area is 168 Å². The highest BCUT2D eigenvalue weighted by Crippen LogP contribution is 2.37. The lowest BCUT2D eigenvalue weighted by Gasteiger charge is -2.32. The van der Waals surface area contributed by atoms with Gasteiger partial charge in [-0.25, -0.2) is 0 Å². The summed E-state index contributed by atoms with van der Waals surface area (Å²) in [7, 11) is -0.360. The minimum atomic E-state index is -0.360. The molecule has 27 heavy (non-hydrogen) atoms. The number of thiophene rings is 1. The number of benzene rings is 1. The average molecular weight is 380 g/mol. The Balaban J connectivity index is 1.81. The number of hydrogen-bond donors (Lipinski definition) is 0. The first-order valence-electron chi connectivity index (χ1n) is 9.79. The van der Waals surface area contributed by atoms with Crippen LogP contribution in [0.1, 0.15) is 68.3 Å². The van der Waals surface area contributed by atoms with Crippen LogP contribution >= 0.6 is 11.3 Å². The van der Waals surface area contributed by atoms with E-state index in [9.17, 15) is 0 Å². The Hall–Kier alpha value is -1.54. The number of hydrogen-bond acceptors (Lipinski definition) is 3. The van der Waals surface area contributed by atoms with Gasteiger partial charge in [-0.3, -0.25) is 0 Å². The molecule has 0 bridgehead atoms. The topological polar surface area (TPSA) is 18.5 Å². The third-order valence-corrected chi connectivity index (χ3v) is 6.47. The summed E-state index contributed by atoms with van der Waals surface area (Å²) in [5, 5.41) is 0. The van der Waals surface area contributed by atoms with Gasteiger partial charge >= 0.3 is 7.12 Å². The third kappa shape index (κ3) is 4.49. The summed E-state index contributed by atoms with van der Waals surface area (Å²) in [6.07, 6.45) is 3.60. The maximum atomic E-state index is 6.23. The van der Waals surface area contributed by atoms with Crippen molar-refractivity contribution in [2.24, 2.45) is 0 Å². The molecule has 0 unspecified atom stereocenters. The van der Waals surface area contributed by atoms with Gasteiger partial charge in [0.15, 0.2) is 0 Å². The lowest BCUT2D eigenvalue weighted by molar-refractivity contribution is 0.00578. The van der Waals surface area contributed by atoms with Crippen LogP contribution in [0.5, 0.6) is 0 Å². The second-order valence-electron chi connectivity index (χ2n) is 8.28. The SMILES string of the molecule is CCCCc1ccc(C#Cc2sc(C)cc2B2OC(C)(C)C(C)(C)O2)cc1. The van der Waals surface area contributed by atoms with E-state index in [4.69, 9.17) is 9.31 Å². The van der Waals surface area contributed by atoms with Gasteiger partial charge in [-0.2, -0.15) is 0 Å². The van der Waals surface area contributed by atoms with E-state index >= 15 is 0 Å². The van der Waals surface area contributed by atoms with Gasteiger partial charge in [0, 0.05) is 15.9 Å². The van der Waals surface area contributed by atoms with Crippen LogP contribution in [0.3, 0.4) is 0 Å². The molecule has 0 atom stereocenters. The number of unbranched alkanes of at least 4 members (excludes halogenated alkanes) is 1. The molecule has 1 aromatic carbocycles. The van der Waals surface area contributed by atoms with Crippen LogP contribution in [0.4, 0.5) is 0 Å². The highest BCUT2D eigenvalue weighted by molar-refractivity contribution is 7.14. The predicted molar refractivity (Wildman–Crippen MR) is 116 cm³/mol. The largest absolute Gasteiger partial charge is 0.497 e. The van der Waals surface area contributed by atoms with E-state index in [0.717, 1.165) is 22.3 Å². The normalized spacial score (nSPS) is 17.6. The first-order valence-corrected chi connectivity index (χ1v) is 10.6. The van der Waals surface area contributed by atoms with Crippen molar-refractivity contribution in [3.8, 4) is 11.8 Å². The van der Waals surface area contributed by atoms with Crippen molar-refractivity contribution in [3.05, 3.63) is 51.2 Å². The molecule has 0 aliphatic carbocycles. The summed E-state index contributed by atoms with van der Waals surface area (Å²) in [6, 6.07) is 10.8. The smallest absolute Gasteiger partial charge is 0.399 e. The fraction of sp³-hybridized carbons (Fsp3) is 0.478. The van der Waals surface area contributed by atoms with Gasteiger partial charge in [0.1, 0.15) is 0 Å². The maximum absolute atomic E-state index is 6.23. The number of aryl methyl sites for hydroxylation is 2. The molecule has 1 aliphatic rings. The van der Waals surface area contributed by atoms with E-state index in [1.807, 2.05) is 0 Å². The summed E-state index contributed by atoms with van der Waals surface area (Å²) in [6.45, 7) is 12.7. The molecule has 1 saturated heterocycles. The number of rotatable bonds is 4. The molecule has 1 aromatic heterocycles. The summed E-state index contributed by atoms with van der Waals surface area (Å²) in [4.78, 5) is 2.25. The Morgan fingerprint density at radius 3 is 2.22 bits per heavy atom. The second kappa shape index (κ2) is 7.83. The Bertz CT molecular complexity index is 837. The standard InChI is InChI=1S/C23H29BO2S/c1-7-8-9-18-10-12-19(13-11-18)14-15-21-20(16-17(2)27-21)24-25-22(3,4)23(5,6)26-24/h10-13,16H,7-9H2,1-6H3. The van der Waals surface area contributed by atoms with Crippen LogP contribution in [0, 0.1) is 18.8 Å². The van der Waals surface area contributed by atoms with Gasteiger partial charge < -0.3 is 9.31 Å². The van der Waals surface area contributed by atoms with E-state index in [0.29, 0.717) is 0 Å². The maximum Gasteiger partial charge on any atom is 0.497 e. The molecule has 1 aliphatic heterocycles. The molecule has 0 spiro atoms. The molecule has 0 amide bonds. The van der Waals surface area contributed by atoms with Crippen molar-refractivity contribution >= 4 is 23.9 Å². The van der Waals surface area contributed by atoms with Crippen LogP contribution in [0.2, 0.25) is 0 Å². The molecule has 142 valence electrons. The van der Waals surface area contributed by atoms with E-state index < -0.39 is 0 Å². The van der Waals surface area contributed by atoms with Gasteiger partial charge in [-0.1, -0.05) is 37.3 Å². The monoisotopic (exact) mass is 380 g/mol. The van der Waals surface area contributed by atoms with Gasteiger partial charge in [0.05, 0.1) is 16.1 Å². The van der Waals surface area contributed by atoms with Crippen molar-refractivity contribution in [2.45, 2.75) is 72.0 Å². The quantitative estimate of drug-likeness (QED) is 0.543. The fourth-order valence-electron chi connectivity index (χ4n) is 3.04. The summed E-state index contributed by atoms with van der Waals surface area (Å²) in [5.41, 5.74) is 2.79. The Morgan fingerprint density at radius 2 is 1.63 bits per heavy atom. The van der Waals surface area contributed by atoms with Crippen molar-refractivity contribution in [3.63, 3.8) is 0 Å². The molecule has 2 nitrogen and oxygen atoms in total. The Kier molecular flexibility index (Phi) is 5.86. The lowest BCUT2D eigenvalue weighted by Crippen LogP contribution is -2.41. The molecule has 2 aromatic rings. The minimum Gasteiger partial charge on any atom is -0.399 e. The molecule has 3 rings (SSSR count). The van der Waals surface area contributed by atoms with Crippen molar-refractivity contribution in [2.75, 3.05) is 0 Å². The van der Waals surface area contributed by atoms with Crippen molar-refractivity contribution < 1.29 is 9.31 Å². The zero-order valence-corrected chi connectivity index (χ0v) is 18.1. The van der Waals surface area contributed by atoms with Crippen LogP contribution in [0.25, 0.3) is 0 Å². The molecule has 0 radical (unpaired) electrons. The highest BCUT2D eigenvalue weighted by Gasteiger charge is 2.52. The summed E-state index contributed by atoms with van der Waals surface area (Å²) >= 11 is 1.70. The predicted octanol–water partition coefficient (Wildman–Crippen LogP) is 5.10.